The van der Waals surface area contributed by atoms with Crippen molar-refractivity contribution in [2.24, 2.45) is 0 Å². The molecule has 0 saturated carbocycles. The Morgan fingerprint density at radius 3 is 2.68 bits per heavy atom. The quantitative estimate of drug-likeness (QED) is 0.329. The van der Waals surface area contributed by atoms with Gasteiger partial charge in [0, 0.05) is 48.2 Å². The fraction of sp³-hybridized carbons (Fsp3) is 0.208. The lowest BCUT2D eigenvalue weighted by molar-refractivity contribution is -0.384. The van der Waals surface area contributed by atoms with Crippen LogP contribution in [0.4, 0.5) is 17.1 Å². The van der Waals surface area contributed by atoms with Gasteiger partial charge in [0.15, 0.2) is 0 Å². The van der Waals surface area contributed by atoms with Gasteiger partial charge in [0.1, 0.15) is 11.5 Å². The number of nitrogens with zero attached hydrogens (tertiary/aromatic N) is 2. The number of carbonyl (C=O) groups excluding carboxylic acids is 1. The predicted molar refractivity (Wildman–Crippen MR) is 121 cm³/mol. The average molecular weight is 417 g/mol. The van der Waals surface area contributed by atoms with Crippen LogP contribution in [0.3, 0.4) is 0 Å². The summed E-state index contributed by atoms with van der Waals surface area (Å²) in [6.45, 7) is 3.89. The molecule has 0 radical (unpaired) electrons. The van der Waals surface area contributed by atoms with Gasteiger partial charge in [-0.2, -0.15) is 0 Å². The van der Waals surface area contributed by atoms with Crippen molar-refractivity contribution in [2.45, 2.75) is 19.8 Å². The second-order valence-electron chi connectivity index (χ2n) is 7.53. The molecule has 1 N–H and O–H groups in total. The maximum absolute atomic E-state index is 12.3. The largest absolute Gasteiger partial charge is 0.457 e. The number of carbonyl (C=O) groups is 1. The maximum atomic E-state index is 12.3. The topological polar surface area (TPSA) is 88.6 Å². The zero-order valence-electron chi connectivity index (χ0n) is 17.2. The fourth-order valence-electron chi connectivity index (χ4n) is 3.72. The van der Waals surface area contributed by atoms with E-state index in [4.69, 9.17) is 4.42 Å². The lowest BCUT2D eigenvalue weighted by atomic mass is 10.1. The number of nitro benzene ring substituents is 1. The number of non-ortho nitro benzene ring substituents is 1. The molecule has 7 heteroatoms. The summed E-state index contributed by atoms with van der Waals surface area (Å²) >= 11 is 0. The molecule has 1 amide bonds. The summed E-state index contributed by atoms with van der Waals surface area (Å²) in [7, 11) is 0. The smallest absolute Gasteiger partial charge is 0.269 e. The van der Waals surface area contributed by atoms with Crippen LogP contribution in [0.5, 0.6) is 0 Å². The van der Waals surface area contributed by atoms with Crippen molar-refractivity contribution >= 4 is 29.0 Å². The molecule has 3 aromatic rings. The number of hydrogen-bond donors (Lipinski definition) is 1. The standard InChI is InChI=1S/C24H23N3O4/c1-17-15-20(27(29)30)7-10-22(17)23-11-8-21(31-23)9-12-24(28)25-18-5-4-6-19(16-18)26-13-2-3-14-26/h4-12,15-16H,2-3,13-14H2,1H3,(H,25,28)/b12-9+. The predicted octanol–water partition coefficient (Wildman–Crippen LogP) is 5.42. The Bertz CT molecular complexity index is 1140. The van der Waals surface area contributed by atoms with E-state index in [-0.39, 0.29) is 11.6 Å². The second-order valence-corrected chi connectivity index (χ2v) is 7.53. The Hall–Kier alpha value is -3.87. The Labute approximate surface area is 180 Å². The number of benzene rings is 2. The van der Waals surface area contributed by atoms with Crippen LogP contribution in [0.2, 0.25) is 0 Å². The molecule has 0 spiro atoms. The molecule has 1 saturated heterocycles. The van der Waals surface area contributed by atoms with Gasteiger partial charge in [0.05, 0.1) is 4.92 Å². The highest BCUT2D eigenvalue weighted by Crippen LogP contribution is 2.29. The molecule has 0 bridgehead atoms. The van der Waals surface area contributed by atoms with E-state index in [1.54, 1.807) is 31.2 Å². The summed E-state index contributed by atoms with van der Waals surface area (Å²) in [5.74, 6) is 0.863. The summed E-state index contributed by atoms with van der Waals surface area (Å²) in [4.78, 5) is 25.1. The van der Waals surface area contributed by atoms with E-state index in [0.717, 1.165) is 35.6 Å². The van der Waals surface area contributed by atoms with E-state index in [2.05, 4.69) is 16.3 Å². The van der Waals surface area contributed by atoms with Crippen molar-refractivity contribution in [1.82, 2.24) is 0 Å². The van der Waals surface area contributed by atoms with E-state index in [1.807, 2.05) is 18.2 Å². The van der Waals surface area contributed by atoms with E-state index in [0.29, 0.717) is 11.5 Å². The van der Waals surface area contributed by atoms with Crippen LogP contribution in [0.1, 0.15) is 24.2 Å². The van der Waals surface area contributed by atoms with Crippen LogP contribution in [-0.2, 0) is 4.79 Å². The first-order chi connectivity index (χ1) is 15.0. The van der Waals surface area contributed by atoms with E-state index >= 15 is 0 Å². The molecule has 31 heavy (non-hydrogen) atoms. The first kappa shape index (κ1) is 20.4. The van der Waals surface area contributed by atoms with Crippen LogP contribution >= 0.6 is 0 Å². The molecular weight excluding hydrogens is 394 g/mol. The highest BCUT2D eigenvalue weighted by molar-refractivity contribution is 6.02. The molecule has 1 aliphatic rings. The highest BCUT2D eigenvalue weighted by atomic mass is 16.6. The minimum absolute atomic E-state index is 0.0402. The molecule has 2 aromatic carbocycles. The van der Waals surface area contributed by atoms with Gasteiger partial charge in [-0.15, -0.1) is 0 Å². The summed E-state index contributed by atoms with van der Waals surface area (Å²) < 4.78 is 5.79. The molecule has 1 fully saturated rings. The Morgan fingerprint density at radius 1 is 1.13 bits per heavy atom. The molecule has 1 aliphatic heterocycles. The SMILES string of the molecule is Cc1cc([N+](=O)[O-])ccc1-c1ccc(/C=C/C(=O)Nc2cccc(N3CCCC3)c2)o1. The molecule has 4 rings (SSSR count). The van der Waals surface area contributed by atoms with Gasteiger partial charge in [-0.3, -0.25) is 14.9 Å². The number of amides is 1. The number of hydrogen-bond acceptors (Lipinski definition) is 5. The molecule has 7 nitrogen and oxygen atoms in total. The third-order valence-electron chi connectivity index (χ3n) is 5.30. The lowest BCUT2D eigenvalue weighted by Crippen LogP contribution is -2.17. The van der Waals surface area contributed by atoms with Crippen molar-refractivity contribution in [3.8, 4) is 11.3 Å². The van der Waals surface area contributed by atoms with Gasteiger partial charge in [0.25, 0.3) is 5.69 Å². The second kappa shape index (κ2) is 8.87. The molecule has 0 unspecified atom stereocenters. The minimum atomic E-state index is -0.424. The Balaban J connectivity index is 1.42. The Kier molecular flexibility index (Phi) is 5.84. The number of nitrogens with one attached hydrogen (secondary N) is 1. The normalized spacial score (nSPS) is 13.6. The molecule has 1 aromatic heterocycles. The number of rotatable bonds is 6. The van der Waals surface area contributed by atoms with E-state index in [9.17, 15) is 14.9 Å². The average Bonchev–Trinajstić information content (AvgIpc) is 3.45. The summed E-state index contributed by atoms with van der Waals surface area (Å²) in [6.07, 6.45) is 5.42. The van der Waals surface area contributed by atoms with Gasteiger partial charge in [-0.25, -0.2) is 0 Å². The van der Waals surface area contributed by atoms with Crippen molar-refractivity contribution in [2.75, 3.05) is 23.3 Å². The molecule has 0 aliphatic carbocycles. The van der Waals surface area contributed by atoms with E-state index in [1.165, 1.54) is 31.1 Å². The number of aryl methyl sites for hydroxylation is 1. The maximum Gasteiger partial charge on any atom is 0.269 e. The molecular formula is C24H23N3O4. The van der Waals surface area contributed by atoms with Crippen LogP contribution in [0.15, 0.2) is 65.1 Å². The third kappa shape index (κ3) is 4.83. The summed E-state index contributed by atoms with van der Waals surface area (Å²) in [5.41, 5.74) is 3.43. The van der Waals surface area contributed by atoms with Crippen LogP contribution in [-0.4, -0.2) is 23.9 Å². The van der Waals surface area contributed by atoms with Crippen molar-refractivity contribution in [1.29, 1.82) is 0 Å². The summed E-state index contributed by atoms with van der Waals surface area (Å²) in [5, 5.41) is 13.8. The van der Waals surface area contributed by atoms with Gasteiger partial charge in [0.2, 0.25) is 5.91 Å². The first-order valence-corrected chi connectivity index (χ1v) is 10.2. The van der Waals surface area contributed by atoms with Crippen LogP contribution < -0.4 is 10.2 Å². The minimum Gasteiger partial charge on any atom is -0.457 e. The van der Waals surface area contributed by atoms with Crippen molar-refractivity contribution in [3.63, 3.8) is 0 Å². The van der Waals surface area contributed by atoms with Crippen molar-refractivity contribution in [3.05, 3.63) is 82.1 Å². The van der Waals surface area contributed by atoms with Gasteiger partial charge in [-0.05, 0) is 67.8 Å². The highest BCUT2D eigenvalue weighted by Gasteiger charge is 2.13. The van der Waals surface area contributed by atoms with Gasteiger partial charge in [-0.1, -0.05) is 6.07 Å². The molecule has 2 heterocycles. The fourth-order valence-corrected chi connectivity index (χ4v) is 3.72. The number of anilines is 2. The Morgan fingerprint density at radius 2 is 1.94 bits per heavy atom. The lowest BCUT2D eigenvalue weighted by Gasteiger charge is -2.18. The monoisotopic (exact) mass is 417 g/mol. The van der Waals surface area contributed by atoms with Crippen LogP contribution in [0, 0.1) is 17.0 Å². The number of furan rings is 1. The van der Waals surface area contributed by atoms with E-state index < -0.39 is 4.92 Å². The van der Waals surface area contributed by atoms with Gasteiger partial charge >= 0.3 is 0 Å². The molecule has 0 atom stereocenters. The zero-order chi connectivity index (χ0) is 21.8. The van der Waals surface area contributed by atoms with Crippen LogP contribution in [0.25, 0.3) is 17.4 Å². The third-order valence-corrected chi connectivity index (χ3v) is 5.30. The first-order valence-electron chi connectivity index (χ1n) is 10.2. The number of nitro groups is 1. The van der Waals surface area contributed by atoms with Crippen molar-refractivity contribution < 1.29 is 14.1 Å². The summed E-state index contributed by atoms with van der Waals surface area (Å²) in [6, 6.07) is 16.0. The molecule has 158 valence electrons. The van der Waals surface area contributed by atoms with Gasteiger partial charge < -0.3 is 14.6 Å². The zero-order valence-corrected chi connectivity index (χ0v) is 17.2.